The molecule has 0 unspecified atom stereocenters. The molecule has 0 bridgehead atoms. The lowest BCUT2D eigenvalue weighted by Crippen LogP contribution is -2.43. The van der Waals surface area contributed by atoms with E-state index in [-0.39, 0.29) is 18.3 Å². The van der Waals surface area contributed by atoms with Gasteiger partial charge in [0.2, 0.25) is 0 Å². The molecule has 1 saturated heterocycles. The lowest BCUT2D eigenvalue weighted by Gasteiger charge is -2.29. The van der Waals surface area contributed by atoms with Crippen LogP contribution in [0.4, 0.5) is 5.13 Å². The van der Waals surface area contributed by atoms with E-state index in [1.54, 1.807) is 17.0 Å². The van der Waals surface area contributed by atoms with Crippen LogP contribution in [0.1, 0.15) is 15.9 Å². The fourth-order valence-corrected chi connectivity index (χ4v) is 5.42. The average Bonchev–Trinajstić information content (AvgIpc) is 3.14. The molecule has 1 amide bonds. The van der Waals surface area contributed by atoms with Crippen LogP contribution in [0.25, 0.3) is 10.2 Å². The van der Waals surface area contributed by atoms with Gasteiger partial charge in [-0.2, -0.15) is 0 Å². The first-order chi connectivity index (χ1) is 14.4. The van der Waals surface area contributed by atoms with Crippen molar-refractivity contribution >= 4 is 84.1 Å². The summed E-state index contributed by atoms with van der Waals surface area (Å²) in [6, 6.07) is 9.07. The Morgan fingerprint density at radius 3 is 2.74 bits per heavy atom. The molecule has 166 valence electrons. The third-order valence-corrected chi connectivity index (χ3v) is 7.08. The summed E-state index contributed by atoms with van der Waals surface area (Å²) in [5.74, 6) is -0.169. The number of anilines is 1. The highest BCUT2D eigenvalue weighted by atomic mass is 79.9. The van der Waals surface area contributed by atoms with Gasteiger partial charge < -0.3 is 4.74 Å². The second kappa shape index (κ2) is 10.8. The van der Waals surface area contributed by atoms with Gasteiger partial charge >= 0.3 is 0 Å². The number of ether oxygens (including phenoxy) is 1. The minimum absolute atomic E-state index is 0. The van der Waals surface area contributed by atoms with Gasteiger partial charge in [-0.05, 0) is 42.8 Å². The van der Waals surface area contributed by atoms with Crippen molar-refractivity contribution in [2.75, 3.05) is 44.3 Å². The molecule has 2 aromatic carbocycles. The van der Waals surface area contributed by atoms with Crippen LogP contribution < -0.4 is 4.90 Å². The summed E-state index contributed by atoms with van der Waals surface area (Å²) in [4.78, 5) is 22.3. The Hall–Kier alpha value is -0.930. The number of morpholine rings is 1. The van der Waals surface area contributed by atoms with Crippen LogP contribution in [0, 0.1) is 6.92 Å². The predicted octanol–water partition coefficient (Wildman–Crippen LogP) is 6.07. The molecule has 0 atom stereocenters. The van der Waals surface area contributed by atoms with Crippen molar-refractivity contribution in [1.29, 1.82) is 0 Å². The lowest BCUT2D eigenvalue weighted by molar-refractivity contribution is 0.0391. The van der Waals surface area contributed by atoms with Gasteiger partial charge in [0.25, 0.3) is 5.91 Å². The van der Waals surface area contributed by atoms with Gasteiger partial charge in [-0.1, -0.05) is 50.5 Å². The number of benzene rings is 2. The topological polar surface area (TPSA) is 45.7 Å². The van der Waals surface area contributed by atoms with E-state index in [0.29, 0.717) is 40.5 Å². The molecule has 1 aliphatic heterocycles. The molecule has 1 aliphatic rings. The van der Waals surface area contributed by atoms with Crippen LogP contribution in [0.3, 0.4) is 0 Å². The van der Waals surface area contributed by atoms with Gasteiger partial charge in [0.1, 0.15) is 0 Å². The number of hydrogen-bond acceptors (Lipinski definition) is 5. The monoisotopic (exact) mass is 563 g/mol. The molecule has 4 rings (SSSR count). The number of amides is 1. The molecule has 0 spiro atoms. The van der Waals surface area contributed by atoms with Crippen molar-refractivity contribution in [3.63, 3.8) is 0 Å². The molecular formula is C21H21BrCl3N3O2S. The summed E-state index contributed by atoms with van der Waals surface area (Å²) in [6.07, 6.45) is 0. The van der Waals surface area contributed by atoms with Crippen molar-refractivity contribution in [2.45, 2.75) is 6.92 Å². The number of nitrogens with zero attached hydrogens (tertiary/aromatic N) is 3. The Morgan fingerprint density at radius 2 is 2.00 bits per heavy atom. The summed E-state index contributed by atoms with van der Waals surface area (Å²) >= 11 is 17.5. The third-order valence-electron chi connectivity index (χ3n) is 5.02. The van der Waals surface area contributed by atoms with E-state index in [9.17, 15) is 4.79 Å². The highest BCUT2D eigenvalue weighted by molar-refractivity contribution is 9.10. The first-order valence-electron chi connectivity index (χ1n) is 9.56. The number of fused-ring (bicyclic) bond motifs is 1. The Labute approximate surface area is 209 Å². The zero-order chi connectivity index (χ0) is 21.3. The molecule has 0 aliphatic carbocycles. The number of hydrogen-bond donors (Lipinski definition) is 0. The Kier molecular flexibility index (Phi) is 8.60. The van der Waals surface area contributed by atoms with Gasteiger partial charge in [0.15, 0.2) is 5.13 Å². The molecule has 31 heavy (non-hydrogen) atoms. The fraction of sp³-hybridized carbons (Fsp3) is 0.333. The highest BCUT2D eigenvalue weighted by Gasteiger charge is 2.25. The Morgan fingerprint density at radius 1 is 1.26 bits per heavy atom. The fourth-order valence-electron chi connectivity index (χ4n) is 3.42. The second-order valence-electron chi connectivity index (χ2n) is 7.10. The maximum atomic E-state index is 13.5. The van der Waals surface area contributed by atoms with E-state index in [4.69, 9.17) is 32.9 Å². The minimum Gasteiger partial charge on any atom is -0.379 e. The Bertz CT molecular complexity index is 1090. The first kappa shape index (κ1) is 24.7. The summed E-state index contributed by atoms with van der Waals surface area (Å²) < 4.78 is 7.19. The van der Waals surface area contributed by atoms with Crippen molar-refractivity contribution in [3.05, 3.63) is 56.0 Å². The zero-order valence-electron chi connectivity index (χ0n) is 16.7. The van der Waals surface area contributed by atoms with Crippen molar-refractivity contribution in [1.82, 2.24) is 9.88 Å². The van der Waals surface area contributed by atoms with Crippen LogP contribution in [0.5, 0.6) is 0 Å². The summed E-state index contributed by atoms with van der Waals surface area (Å²) in [7, 11) is 0. The van der Waals surface area contributed by atoms with E-state index in [1.165, 1.54) is 11.3 Å². The molecule has 3 aromatic rings. The molecule has 0 N–H and O–H groups in total. The molecule has 0 radical (unpaired) electrons. The quantitative estimate of drug-likeness (QED) is 0.377. The van der Waals surface area contributed by atoms with Crippen LogP contribution in [-0.4, -0.2) is 55.2 Å². The largest absolute Gasteiger partial charge is 0.379 e. The van der Waals surface area contributed by atoms with E-state index in [0.717, 1.165) is 39.9 Å². The van der Waals surface area contributed by atoms with Crippen LogP contribution in [0.15, 0.2) is 34.8 Å². The van der Waals surface area contributed by atoms with Gasteiger partial charge in [-0.3, -0.25) is 14.6 Å². The number of halogens is 4. The van der Waals surface area contributed by atoms with Crippen LogP contribution in [0.2, 0.25) is 10.0 Å². The minimum atomic E-state index is -0.169. The normalized spacial score (nSPS) is 14.5. The van der Waals surface area contributed by atoms with E-state index in [2.05, 4.69) is 20.8 Å². The zero-order valence-corrected chi connectivity index (χ0v) is 21.5. The van der Waals surface area contributed by atoms with E-state index < -0.39 is 0 Å². The van der Waals surface area contributed by atoms with Gasteiger partial charge in [0, 0.05) is 35.7 Å². The molecule has 10 heteroatoms. The van der Waals surface area contributed by atoms with Crippen molar-refractivity contribution < 1.29 is 9.53 Å². The maximum absolute atomic E-state index is 13.5. The first-order valence-corrected chi connectivity index (χ1v) is 11.9. The van der Waals surface area contributed by atoms with Gasteiger partial charge in [-0.15, -0.1) is 12.4 Å². The SMILES string of the molecule is Cc1cc(Cl)cc2sc(N(CCN3CCOCC3)C(=O)c3cc(Br)ccc3Cl)nc12.Cl. The molecular weight excluding hydrogens is 545 g/mol. The molecule has 1 fully saturated rings. The Balaban J connectivity index is 0.00000272. The van der Waals surface area contributed by atoms with Gasteiger partial charge in [-0.25, -0.2) is 4.98 Å². The predicted molar refractivity (Wildman–Crippen MR) is 135 cm³/mol. The summed E-state index contributed by atoms with van der Waals surface area (Å²) in [5.41, 5.74) is 2.30. The van der Waals surface area contributed by atoms with Gasteiger partial charge in [0.05, 0.1) is 34.0 Å². The van der Waals surface area contributed by atoms with Crippen LogP contribution in [-0.2, 0) is 4.74 Å². The number of aryl methyl sites for hydroxylation is 1. The number of carbonyl (C=O) groups is 1. The lowest BCUT2D eigenvalue weighted by atomic mass is 10.2. The standard InChI is InChI=1S/C21H20BrCl2N3O2S.ClH/c1-13-10-15(23)12-18-19(13)25-21(30-18)27(5-4-26-6-8-29-9-7-26)20(28)16-11-14(22)2-3-17(16)24;/h2-3,10-12H,4-9H2,1H3;1H. The molecule has 1 aromatic heterocycles. The van der Waals surface area contributed by atoms with E-state index in [1.807, 2.05) is 25.1 Å². The van der Waals surface area contributed by atoms with Crippen molar-refractivity contribution in [2.24, 2.45) is 0 Å². The maximum Gasteiger partial charge on any atom is 0.261 e. The average molecular weight is 566 g/mol. The third kappa shape index (κ3) is 5.71. The van der Waals surface area contributed by atoms with E-state index >= 15 is 0 Å². The van der Waals surface area contributed by atoms with Crippen LogP contribution >= 0.6 is 62.9 Å². The molecule has 2 heterocycles. The number of rotatable bonds is 5. The molecule has 0 saturated carbocycles. The number of thiazole rings is 1. The summed E-state index contributed by atoms with van der Waals surface area (Å²) in [6.45, 7) is 6.35. The highest BCUT2D eigenvalue weighted by Crippen LogP contribution is 2.34. The summed E-state index contributed by atoms with van der Waals surface area (Å²) in [5, 5.41) is 1.72. The second-order valence-corrected chi connectivity index (χ2v) is 9.87. The number of carbonyl (C=O) groups excluding carboxylic acids is 1. The van der Waals surface area contributed by atoms with Crippen molar-refractivity contribution in [3.8, 4) is 0 Å². The smallest absolute Gasteiger partial charge is 0.261 e. The molecule has 5 nitrogen and oxygen atoms in total. The number of aromatic nitrogens is 1.